The van der Waals surface area contributed by atoms with Crippen LogP contribution in [0.1, 0.15) is 11.4 Å². The molecule has 0 saturated carbocycles. The van der Waals surface area contributed by atoms with Crippen molar-refractivity contribution in [2.24, 2.45) is 0 Å². The summed E-state index contributed by atoms with van der Waals surface area (Å²) < 4.78 is 21.2. The van der Waals surface area contributed by atoms with Crippen LogP contribution >= 0.6 is 0 Å². The number of pyridine rings is 1. The smallest absolute Gasteiger partial charge is 0.318 e. The zero-order valence-corrected chi connectivity index (χ0v) is 10.3. The molecule has 0 amide bonds. The van der Waals surface area contributed by atoms with Crippen LogP contribution in [0, 0.1) is 0 Å². The van der Waals surface area contributed by atoms with Gasteiger partial charge in [0.1, 0.15) is 24.7 Å². The molecule has 1 aliphatic rings. The Morgan fingerprint density at radius 3 is 2.00 bits per heavy atom. The number of hydrogen-bond acceptors (Lipinski definition) is 6. The first-order chi connectivity index (χ1) is 8.63. The van der Waals surface area contributed by atoms with Gasteiger partial charge in [0.2, 0.25) is 0 Å². The second-order valence-corrected chi connectivity index (χ2v) is 5.13. The molecule has 0 unspecified atom stereocenters. The molecular formula is C11H11NO5S. The second-order valence-electron chi connectivity index (χ2n) is 3.67. The fraction of sp³-hybridized carbons (Fsp3) is 0.364. The van der Waals surface area contributed by atoms with E-state index in [-0.39, 0.29) is 24.7 Å². The Bertz CT molecular complexity index is 463. The Morgan fingerprint density at radius 1 is 1.00 bits per heavy atom. The maximum atomic E-state index is 11.4. The van der Waals surface area contributed by atoms with Crippen molar-refractivity contribution in [2.75, 3.05) is 11.5 Å². The number of ether oxygens (including phenoxy) is 2. The topological polar surface area (TPSA) is 82.6 Å². The Hall–Kier alpha value is -1.76. The van der Waals surface area contributed by atoms with Crippen LogP contribution < -0.4 is 0 Å². The monoisotopic (exact) mass is 269 g/mol. The third-order valence-electron chi connectivity index (χ3n) is 2.18. The first-order valence-corrected chi connectivity index (χ1v) is 6.73. The van der Waals surface area contributed by atoms with Gasteiger partial charge in [0.15, 0.2) is 0 Å². The highest BCUT2D eigenvalue weighted by Gasteiger charge is 2.16. The van der Waals surface area contributed by atoms with E-state index in [1.165, 1.54) is 0 Å². The van der Waals surface area contributed by atoms with Gasteiger partial charge >= 0.3 is 11.9 Å². The number of carbonyl (C=O) groups is 2. The molecule has 0 spiro atoms. The lowest BCUT2D eigenvalue weighted by molar-refractivity contribution is -0.141. The van der Waals surface area contributed by atoms with Crippen LogP contribution in [0.3, 0.4) is 0 Å². The van der Waals surface area contributed by atoms with Gasteiger partial charge in [-0.25, -0.2) is 0 Å². The van der Waals surface area contributed by atoms with E-state index in [0.29, 0.717) is 11.4 Å². The van der Waals surface area contributed by atoms with E-state index < -0.39 is 22.7 Å². The second kappa shape index (κ2) is 5.72. The van der Waals surface area contributed by atoms with Crippen LogP contribution in [0.15, 0.2) is 18.2 Å². The van der Waals surface area contributed by atoms with Crippen molar-refractivity contribution in [3.8, 4) is 0 Å². The number of carbonyl (C=O) groups excluding carboxylic acids is 2. The lowest BCUT2D eigenvalue weighted by Gasteiger charge is -2.09. The summed E-state index contributed by atoms with van der Waals surface area (Å²) in [6.45, 7) is 0.0512. The number of hydrogen-bond donors (Lipinski definition) is 0. The molecule has 1 aromatic heterocycles. The molecule has 2 bridgehead atoms. The standard InChI is InChI=1S/C11H11NO5S/c13-10-6-18(15)7-11(14)17-5-9-3-1-2-8(12-9)4-16-10/h1-3H,4-7H2. The van der Waals surface area contributed by atoms with Gasteiger partial charge in [0.05, 0.1) is 11.4 Å². The average Bonchev–Trinajstić information content (AvgIpc) is 2.33. The molecule has 18 heavy (non-hydrogen) atoms. The molecule has 6 nitrogen and oxygen atoms in total. The minimum atomic E-state index is -1.59. The molecule has 0 radical (unpaired) electrons. The average molecular weight is 269 g/mol. The number of cyclic esters (lactones) is 2. The molecule has 0 aliphatic carbocycles. The molecule has 1 aliphatic heterocycles. The van der Waals surface area contributed by atoms with Gasteiger partial charge < -0.3 is 9.47 Å². The molecule has 0 fully saturated rings. The predicted octanol–water partition coefficient (Wildman–Crippen LogP) is -0.0697. The van der Waals surface area contributed by atoms with E-state index in [9.17, 15) is 13.8 Å². The highest BCUT2D eigenvalue weighted by atomic mass is 32.2. The van der Waals surface area contributed by atoms with E-state index in [2.05, 4.69) is 4.98 Å². The summed E-state index contributed by atoms with van der Waals surface area (Å²) in [7, 11) is -1.59. The molecule has 2 heterocycles. The molecule has 0 saturated heterocycles. The highest BCUT2D eigenvalue weighted by Crippen LogP contribution is 2.05. The van der Waals surface area contributed by atoms with Crippen LogP contribution in [-0.2, 0) is 43.1 Å². The van der Waals surface area contributed by atoms with Crippen LogP contribution in [0.5, 0.6) is 0 Å². The summed E-state index contributed by atoms with van der Waals surface area (Å²) in [5, 5.41) is 0. The quantitative estimate of drug-likeness (QED) is 0.613. The van der Waals surface area contributed by atoms with Crippen molar-refractivity contribution in [2.45, 2.75) is 13.2 Å². The molecule has 0 N–H and O–H groups in total. The largest absolute Gasteiger partial charge is 0.458 e. The van der Waals surface area contributed by atoms with Gasteiger partial charge in [0.25, 0.3) is 0 Å². The van der Waals surface area contributed by atoms with Gasteiger partial charge in [0, 0.05) is 10.8 Å². The maximum absolute atomic E-state index is 11.4. The van der Waals surface area contributed by atoms with Crippen molar-refractivity contribution in [3.63, 3.8) is 0 Å². The van der Waals surface area contributed by atoms with Crippen molar-refractivity contribution < 1.29 is 23.3 Å². The van der Waals surface area contributed by atoms with Crippen molar-refractivity contribution >= 4 is 22.7 Å². The van der Waals surface area contributed by atoms with E-state index in [1.807, 2.05) is 0 Å². The van der Waals surface area contributed by atoms with Gasteiger partial charge in [-0.15, -0.1) is 0 Å². The third-order valence-corrected chi connectivity index (χ3v) is 3.30. The lowest BCUT2D eigenvalue weighted by Crippen LogP contribution is -2.22. The third kappa shape index (κ3) is 3.63. The van der Waals surface area contributed by atoms with Crippen LogP contribution in [0.25, 0.3) is 0 Å². The number of aromatic nitrogens is 1. The molecule has 0 aromatic carbocycles. The highest BCUT2D eigenvalue weighted by molar-refractivity contribution is 7.86. The van der Waals surface area contributed by atoms with Gasteiger partial charge in [-0.3, -0.25) is 18.8 Å². The summed E-state index contributed by atoms with van der Waals surface area (Å²) in [5.74, 6) is -1.85. The fourth-order valence-electron chi connectivity index (χ4n) is 1.40. The van der Waals surface area contributed by atoms with E-state index >= 15 is 0 Å². The SMILES string of the molecule is O=C1CS(=O)CC(=O)OCc2cccc(n2)CO1. The summed E-state index contributed by atoms with van der Waals surface area (Å²) in [6, 6.07) is 5.13. The Morgan fingerprint density at radius 2 is 1.50 bits per heavy atom. The fourth-order valence-corrected chi connectivity index (χ4v) is 2.19. The Kier molecular flexibility index (Phi) is 4.03. The first kappa shape index (κ1) is 12.7. The van der Waals surface area contributed by atoms with E-state index in [0.717, 1.165) is 0 Å². The number of esters is 2. The first-order valence-electron chi connectivity index (χ1n) is 5.24. The van der Waals surface area contributed by atoms with Crippen LogP contribution in [0.4, 0.5) is 0 Å². The minimum absolute atomic E-state index is 0.0256. The van der Waals surface area contributed by atoms with Crippen LogP contribution in [-0.4, -0.2) is 32.6 Å². The van der Waals surface area contributed by atoms with Crippen molar-refractivity contribution in [3.05, 3.63) is 29.6 Å². The van der Waals surface area contributed by atoms with Gasteiger partial charge in [-0.05, 0) is 12.1 Å². The zero-order chi connectivity index (χ0) is 13.0. The summed E-state index contributed by atoms with van der Waals surface area (Å²) in [4.78, 5) is 26.8. The summed E-state index contributed by atoms with van der Waals surface area (Å²) >= 11 is 0. The normalized spacial score (nSPS) is 18.2. The molecule has 2 rings (SSSR count). The number of fused-ring (bicyclic) bond motifs is 2. The molecule has 0 atom stereocenters. The van der Waals surface area contributed by atoms with Crippen LogP contribution in [0.2, 0.25) is 0 Å². The van der Waals surface area contributed by atoms with E-state index in [4.69, 9.17) is 9.47 Å². The molecule has 96 valence electrons. The lowest BCUT2D eigenvalue weighted by atomic mass is 10.3. The molecule has 1 aromatic rings. The number of rotatable bonds is 0. The van der Waals surface area contributed by atoms with Gasteiger partial charge in [-0.1, -0.05) is 6.07 Å². The van der Waals surface area contributed by atoms with Gasteiger partial charge in [-0.2, -0.15) is 0 Å². The Labute approximate surface area is 106 Å². The minimum Gasteiger partial charge on any atom is -0.458 e. The van der Waals surface area contributed by atoms with Crippen molar-refractivity contribution in [1.82, 2.24) is 4.98 Å². The Balaban J connectivity index is 2.17. The molecular weight excluding hydrogens is 258 g/mol. The zero-order valence-electron chi connectivity index (χ0n) is 9.46. The number of nitrogens with zero attached hydrogens (tertiary/aromatic N) is 1. The summed E-state index contributed by atoms with van der Waals surface area (Å²) in [5.41, 5.74) is 1.12. The van der Waals surface area contributed by atoms with E-state index in [1.54, 1.807) is 18.2 Å². The van der Waals surface area contributed by atoms with Crippen molar-refractivity contribution in [1.29, 1.82) is 0 Å². The molecule has 7 heteroatoms. The summed E-state index contributed by atoms with van der Waals surface area (Å²) in [6.07, 6.45) is 0. The maximum Gasteiger partial charge on any atom is 0.318 e. The predicted molar refractivity (Wildman–Crippen MR) is 61.7 cm³/mol.